The zero-order valence-corrected chi connectivity index (χ0v) is 18.6. The number of nitrogens with zero attached hydrogens (tertiary/aromatic N) is 3. The second-order valence-corrected chi connectivity index (χ2v) is 9.63. The molecule has 30 heavy (non-hydrogen) atoms. The third-order valence-electron chi connectivity index (χ3n) is 4.66. The predicted octanol–water partition coefficient (Wildman–Crippen LogP) is 3.44. The number of hydrogen-bond acceptors (Lipinski definition) is 5. The van der Waals surface area contributed by atoms with Crippen molar-refractivity contribution in [2.75, 3.05) is 11.0 Å². The summed E-state index contributed by atoms with van der Waals surface area (Å²) in [6.07, 6.45) is 2.76. The molecule has 0 atom stereocenters. The van der Waals surface area contributed by atoms with Gasteiger partial charge in [-0.3, -0.25) is 9.52 Å². The number of benzene rings is 1. The molecule has 0 unspecified atom stereocenters. The fourth-order valence-electron chi connectivity index (χ4n) is 3.14. The number of hydrogen-bond donors (Lipinski definition) is 2. The van der Waals surface area contributed by atoms with Crippen molar-refractivity contribution in [1.29, 1.82) is 0 Å². The van der Waals surface area contributed by atoms with Crippen molar-refractivity contribution in [3.05, 3.63) is 53.3 Å². The maximum absolute atomic E-state index is 13.1. The summed E-state index contributed by atoms with van der Waals surface area (Å²) in [4.78, 5) is 17.8. The maximum Gasteiger partial charge on any atom is 0.252 e. The number of carbonyl (C=O) groups is 1. The van der Waals surface area contributed by atoms with Crippen LogP contribution in [0.4, 0.5) is 5.69 Å². The van der Waals surface area contributed by atoms with Crippen molar-refractivity contribution in [1.82, 2.24) is 20.1 Å². The highest BCUT2D eigenvalue weighted by Gasteiger charge is 2.19. The number of rotatable bonds is 7. The molecular weight excluding hydrogens is 402 g/mol. The number of aromatic nitrogens is 3. The van der Waals surface area contributed by atoms with Crippen LogP contribution in [0.15, 0.2) is 36.5 Å². The van der Waals surface area contributed by atoms with Crippen molar-refractivity contribution >= 4 is 32.7 Å². The first kappa shape index (κ1) is 21.8. The van der Waals surface area contributed by atoms with Gasteiger partial charge < -0.3 is 5.32 Å². The zero-order valence-electron chi connectivity index (χ0n) is 17.8. The first-order chi connectivity index (χ1) is 14.1. The Kier molecular flexibility index (Phi) is 6.12. The molecule has 1 aromatic carbocycles. The van der Waals surface area contributed by atoms with E-state index in [2.05, 4.69) is 15.1 Å². The molecule has 0 aliphatic carbocycles. The summed E-state index contributed by atoms with van der Waals surface area (Å²) in [7, 11) is -3.42. The van der Waals surface area contributed by atoms with Crippen molar-refractivity contribution < 1.29 is 13.2 Å². The highest BCUT2D eigenvalue weighted by molar-refractivity contribution is 7.92. The van der Waals surface area contributed by atoms with Gasteiger partial charge in [-0.1, -0.05) is 32.0 Å². The molecule has 0 saturated carbocycles. The lowest BCUT2D eigenvalue weighted by atomic mass is 10.0. The van der Waals surface area contributed by atoms with Crippen LogP contribution in [0.5, 0.6) is 0 Å². The summed E-state index contributed by atoms with van der Waals surface area (Å²) < 4.78 is 27.5. The number of para-hydroxylation sites is 1. The minimum atomic E-state index is -3.42. The van der Waals surface area contributed by atoms with E-state index in [9.17, 15) is 13.2 Å². The van der Waals surface area contributed by atoms with Crippen LogP contribution in [-0.2, 0) is 16.6 Å². The van der Waals surface area contributed by atoms with Gasteiger partial charge in [-0.15, -0.1) is 0 Å². The van der Waals surface area contributed by atoms with Gasteiger partial charge in [0.1, 0.15) is 0 Å². The van der Waals surface area contributed by atoms with Crippen LogP contribution in [0.3, 0.4) is 0 Å². The number of amides is 1. The SMILES string of the molecule is CC(C)c1cc(C(=O)NCc2ccccc2NS(C)(=O)=O)c2cnn(C(C)C)c2n1. The van der Waals surface area contributed by atoms with Crippen molar-refractivity contribution in [3.8, 4) is 0 Å². The summed E-state index contributed by atoms with van der Waals surface area (Å²) in [5, 5.41) is 8.00. The van der Waals surface area contributed by atoms with Gasteiger partial charge in [0.05, 0.1) is 29.1 Å². The second-order valence-electron chi connectivity index (χ2n) is 7.88. The van der Waals surface area contributed by atoms with E-state index in [4.69, 9.17) is 4.98 Å². The molecule has 9 heteroatoms. The fourth-order valence-corrected chi connectivity index (χ4v) is 3.74. The lowest BCUT2D eigenvalue weighted by Gasteiger charge is -2.14. The van der Waals surface area contributed by atoms with E-state index >= 15 is 0 Å². The van der Waals surface area contributed by atoms with Crippen molar-refractivity contribution in [2.24, 2.45) is 0 Å². The summed E-state index contributed by atoms with van der Waals surface area (Å²) in [5.74, 6) is -0.113. The summed E-state index contributed by atoms with van der Waals surface area (Å²) in [6.45, 7) is 8.26. The Labute approximate surface area is 176 Å². The van der Waals surface area contributed by atoms with Gasteiger partial charge in [-0.2, -0.15) is 5.10 Å². The topological polar surface area (TPSA) is 106 Å². The average Bonchev–Trinajstić information content (AvgIpc) is 3.09. The molecule has 0 saturated heterocycles. The highest BCUT2D eigenvalue weighted by Crippen LogP contribution is 2.24. The Bertz CT molecular complexity index is 1180. The first-order valence-corrected chi connectivity index (χ1v) is 11.7. The summed E-state index contributed by atoms with van der Waals surface area (Å²) >= 11 is 0. The molecule has 2 heterocycles. The van der Waals surface area contributed by atoms with Crippen LogP contribution in [0.25, 0.3) is 11.0 Å². The molecule has 0 aliphatic heterocycles. The van der Waals surface area contributed by atoms with Crippen molar-refractivity contribution in [3.63, 3.8) is 0 Å². The van der Waals surface area contributed by atoms with Crippen molar-refractivity contribution in [2.45, 2.75) is 46.2 Å². The number of pyridine rings is 1. The van der Waals surface area contributed by atoms with Gasteiger partial charge in [0.15, 0.2) is 5.65 Å². The van der Waals surface area contributed by atoms with Gasteiger partial charge in [0.25, 0.3) is 5.91 Å². The molecule has 0 aliphatic rings. The largest absolute Gasteiger partial charge is 0.348 e. The Balaban J connectivity index is 1.93. The molecule has 0 fully saturated rings. The van der Waals surface area contributed by atoms with E-state index in [1.807, 2.05) is 32.4 Å². The normalized spacial score (nSPS) is 12.0. The summed E-state index contributed by atoms with van der Waals surface area (Å²) in [5.41, 5.74) is 3.11. The van der Waals surface area contributed by atoms with Gasteiger partial charge in [-0.05, 0) is 37.5 Å². The van der Waals surface area contributed by atoms with Gasteiger partial charge >= 0.3 is 0 Å². The van der Waals surface area contributed by atoms with Crippen LogP contribution < -0.4 is 10.0 Å². The molecule has 160 valence electrons. The Morgan fingerprint density at radius 1 is 1.17 bits per heavy atom. The molecule has 2 N–H and O–H groups in total. The molecule has 0 spiro atoms. The third kappa shape index (κ3) is 4.79. The van der Waals surface area contributed by atoms with E-state index in [0.717, 1.165) is 11.9 Å². The summed E-state index contributed by atoms with van der Waals surface area (Å²) in [6, 6.07) is 8.88. The molecule has 3 aromatic rings. The Hall–Kier alpha value is -2.94. The highest BCUT2D eigenvalue weighted by atomic mass is 32.2. The van der Waals surface area contributed by atoms with Gasteiger partial charge in [-0.25, -0.2) is 18.1 Å². The zero-order chi connectivity index (χ0) is 22.1. The predicted molar refractivity (Wildman–Crippen MR) is 118 cm³/mol. The van der Waals surface area contributed by atoms with E-state index < -0.39 is 10.0 Å². The molecule has 8 nitrogen and oxygen atoms in total. The number of carbonyl (C=O) groups excluding carboxylic acids is 1. The fraction of sp³-hybridized carbons (Fsp3) is 0.381. The van der Waals surface area contributed by atoms with E-state index in [1.54, 1.807) is 36.5 Å². The smallest absolute Gasteiger partial charge is 0.252 e. The molecule has 0 bridgehead atoms. The van der Waals surface area contributed by atoms with Gasteiger partial charge in [0, 0.05) is 18.3 Å². The molecular formula is C21H27N5O3S. The Morgan fingerprint density at radius 3 is 2.50 bits per heavy atom. The second kappa shape index (κ2) is 8.43. The molecule has 1 amide bonds. The lowest BCUT2D eigenvalue weighted by molar-refractivity contribution is 0.0952. The third-order valence-corrected chi connectivity index (χ3v) is 5.25. The first-order valence-electron chi connectivity index (χ1n) is 9.79. The number of sulfonamides is 1. The van der Waals surface area contributed by atoms with Gasteiger partial charge in [0.2, 0.25) is 10.0 Å². The number of anilines is 1. The minimum Gasteiger partial charge on any atom is -0.348 e. The number of nitrogens with one attached hydrogen (secondary N) is 2. The molecule has 2 aromatic heterocycles. The maximum atomic E-state index is 13.1. The van der Waals surface area contributed by atoms with Crippen LogP contribution in [0, 0.1) is 0 Å². The standard InChI is InChI=1S/C21H27N5O3S/c1-13(2)19-10-16(17-12-23-26(14(3)4)20(17)24-19)21(27)22-11-15-8-6-7-9-18(15)25-30(5,28)29/h6-10,12-14,25H,11H2,1-5H3,(H,22,27). The average molecular weight is 430 g/mol. The minimum absolute atomic E-state index is 0.113. The molecule has 3 rings (SSSR count). The van der Waals surface area contributed by atoms with Crippen LogP contribution in [0.2, 0.25) is 0 Å². The monoisotopic (exact) mass is 429 g/mol. The molecule has 0 radical (unpaired) electrons. The van der Waals surface area contributed by atoms with Crippen LogP contribution >= 0.6 is 0 Å². The quantitative estimate of drug-likeness (QED) is 0.598. The lowest BCUT2D eigenvalue weighted by Crippen LogP contribution is -2.24. The van der Waals surface area contributed by atoms with E-state index in [1.165, 1.54) is 0 Å². The Morgan fingerprint density at radius 2 is 1.87 bits per heavy atom. The van der Waals surface area contributed by atoms with E-state index in [-0.39, 0.29) is 24.4 Å². The number of fused-ring (bicyclic) bond motifs is 1. The van der Waals surface area contributed by atoms with E-state index in [0.29, 0.717) is 27.8 Å². The van der Waals surface area contributed by atoms with Crippen LogP contribution in [-0.4, -0.2) is 35.3 Å². The van der Waals surface area contributed by atoms with Crippen LogP contribution in [0.1, 0.15) is 61.3 Å².